The molecule has 2 heteroatoms. The molecule has 0 spiro atoms. The van der Waals surface area contributed by atoms with Gasteiger partial charge in [0, 0.05) is 13.0 Å². The number of unbranched alkanes of at least 4 members (excludes halogenated alkanes) is 2. The third-order valence-electron chi connectivity index (χ3n) is 3.08. The molecule has 0 atom stereocenters. The van der Waals surface area contributed by atoms with E-state index < -0.39 is 5.60 Å². The summed E-state index contributed by atoms with van der Waals surface area (Å²) in [5.41, 5.74) is -0.498. The van der Waals surface area contributed by atoms with Crippen molar-refractivity contribution in [2.75, 3.05) is 6.61 Å². The van der Waals surface area contributed by atoms with E-state index in [1.54, 1.807) is 0 Å². The van der Waals surface area contributed by atoms with E-state index in [1.165, 1.54) is 0 Å². The van der Waals surface area contributed by atoms with Gasteiger partial charge in [0.1, 0.15) is 5.60 Å². The second-order valence-corrected chi connectivity index (χ2v) is 4.01. The van der Waals surface area contributed by atoms with Crippen LogP contribution in [0, 0.1) is 0 Å². The maximum Gasteiger partial charge on any atom is 0.164 e. The standard InChI is InChI=1S/C13H26O2/c1-5-9-10-11-12(14)13(6-2,7-3)15-8-4/h5-11H2,1-4H3. The van der Waals surface area contributed by atoms with Crippen LogP contribution in [0.3, 0.4) is 0 Å². The summed E-state index contributed by atoms with van der Waals surface area (Å²) in [5, 5.41) is 0. The van der Waals surface area contributed by atoms with E-state index in [2.05, 4.69) is 6.92 Å². The van der Waals surface area contributed by atoms with Gasteiger partial charge in [0.25, 0.3) is 0 Å². The Hall–Kier alpha value is -0.370. The first kappa shape index (κ1) is 14.6. The van der Waals surface area contributed by atoms with Crippen molar-refractivity contribution in [3.05, 3.63) is 0 Å². The molecule has 15 heavy (non-hydrogen) atoms. The summed E-state index contributed by atoms with van der Waals surface area (Å²) in [6, 6.07) is 0. The lowest BCUT2D eigenvalue weighted by molar-refractivity contribution is -0.145. The molecule has 0 radical (unpaired) electrons. The van der Waals surface area contributed by atoms with Gasteiger partial charge in [-0.3, -0.25) is 4.79 Å². The zero-order chi connectivity index (χ0) is 11.7. The average molecular weight is 214 g/mol. The van der Waals surface area contributed by atoms with Gasteiger partial charge in [-0.2, -0.15) is 0 Å². The minimum atomic E-state index is -0.498. The summed E-state index contributed by atoms with van der Waals surface area (Å²) in [6.45, 7) is 8.81. The highest BCUT2D eigenvalue weighted by Crippen LogP contribution is 2.24. The van der Waals surface area contributed by atoms with Crippen molar-refractivity contribution in [2.24, 2.45) is 0 Å². The molecule has 0 saturated carbocycles. The third kappa shape index (κ3) is 4.33. The Morgan fingerprint density at radius 1 is 1.07 bits per heavy atom. The molecule has 90 valence electrons. The summed E-state index contributed by atoms with van der Waals surface area (Å²) >= 11 is 0. The molecule has 0 amide bonds. The van der Waals surface area contributed by atoms with Crippen molar-refractivity contribution in [2.45, 2.75) is 71.8 Å². The van der Waals surface area contributed by atoms with E-state index in [0.29, 0.717) is 18.8 Å². The van der Waals surface area contributed by atoms with E-state index in [9.17, 15) is 4.79 Å². The number of hydrogen-bond acceptors (Lipinski definition) is 2. The van der Waals surface area contributed by atoms with Gasteiger partial charge >= 0.3 is 0 Å². The number of ether oxygens (including phenoxy) is 1. The van der Waals surface area contributed by atoms with E-state index >= 15 is 0 Å². The molecule has 0 heterocycles. The van der Waals surface area contributed by atoms with Crippen molar-refractivity contribution in [1.29, 1.82) is 0 Å². The molecule has 0 aliphatic rings. The third-order valence-corrected chi connectivity index (χ3v) is 3.08. The number of carbonyl (C=O) groups is 1. The van der Waals surface area contributed by atoms with Gasteiger partial charge in [0.05, 0.1) is 0 Å². The highest BCUT2D eigenvalue weighted by Gasteiger charge is 2.34. The van der Waals surface area contributed by atoms with Crippen molar-refractivity contribution in [1.82, 2.24) is 0 Å². The van der Waals surface area contributed by atoms with Crippen LogP contribution in [0.15, 0.2) is 0 Å². The van der Waals surface area contributed by atoms with Crippen molar-refractivity contribution >= 4 is 5.78 Å². The SMILES string of the molecule is CCCCCC(=O)C(CC)(CC)OCC. The molecule has 0 aromatic heterocycles. The summed E-state index contributed by atoms with van der Waals surface area (Å²) in [5.74, 6) is 0.294. The van der Waals surface area contributed by atoms with Crippen LogP contribution < -0.4 is 0 Å². The molecule has 0 fully saturated rings. The van der Waals surface area contributed by atoms with Crippen molar-refractivity contribution < 1.29 is 9.53 Å². The summed E-state index contributed by atoms with van der Waals surface area (Å²) in [4.78, 5) is 12.1. The fourth-order valence-corrected chi connectivity index (χ4v) is 1.97. The minimum absolute atomic E-state index is 0.294. The Labute approximate surface area is 94.4 Å². The zero-order valence-electron chi connectivity index (χ0n) is 10.8. The lowest BCUT2D eigenvalue weighted by Gasteiger charge is -2.30. The quantitative estimate of drug-likeness (QED) is 0.547. The van der Waals surface area contributed by atoms with E-state index in [1.807, 2.05) is 20.8 Å². The van der Waals surface area contributed by atoms with E-state index in [-0.39, 0.29) is 0 Å². The predicted molar refractivity (Wildman–Crippen MR) is 64.1 cm³/mol. The summed E-state index contributed by atoms with van der Waals surface area (Å²) < 4.78 is 5.67. The van der Waals surface area contributed by atoms with Crippen LogP contribution in [-0.2, 0) is 9.53 Å². The Morgan fingerprint density at radius 2 is 1.67 bits per heavy atom. The van der Waals surface area contributed by atoms with Gasteiger partial charge in [-0.1, -0.05) is 33.6 Å². The van der Waals surface area contributed by atoms with Gasteiger partial charge in [-0.15, -0.1) is 0 Å². The van der Waals surface area contributed by atoms with E-state index in [4.69, 9.17) is 4.74 Å². The van der Waals surface area contributed by atoms with Crippen molar-refractivity contribution in [3.63, 3.8) is 0 Å². The molecule has 2 nitrogen and oxygen atoms in total. The lowest BCUT2D eigenvalue weighted by Crippen LogP contribution is -2.40. The molecule has 0 aliphatic carbocycles. The first-order valence-electron chi connectivity index (χ1n) is 6.34. The number of ketones is 1. The fourth-order valence-electron chi connectivity index (χ4n) is 1.97. The molecule has 0 saturated heterocycles. The van der Waals surface area contributed by atoms with Gasteiger partial charge in [0.2, 0.25) is 0 Å². The molecule has 0 N–H and O–H groups in total. The monoisotopic (exact) mass is 214 g/mol. The van der Waals surface area contributed by atoms with Gasteiger partial charge in [-0.25, -0.2) is 0 Å². The smallest absolute Gasteiger partial charge is 0.164 e. The Bertz CT molecular complexity index is 171. The van der Waals surface area contributed by atoms with Gasteiger partial charge < -0.3 is 4.74 Å². The maximum absolute atomic E-state index is 12.1. The molecule has 0 rings (SSSR count). The van der Waals surface area contributed by atoms with Gasteiger partial charge in [-0.05, 0) is 26.2 Å². The van der Waals surface area contributed by atoms with Crippen LogP contribution in [-0.4, -0.2) is 18.0 Å². The number of hydrogen-bond donors (Lipinski definition) is 0. The van der Waals surface area contributed by atoms with Crippen LogP contribution in [0.1, 0.15) is 66.2 Å². The normalized spacial score (nSPS) is 11.7. The molecular weight excluding hydrogens is 188 g/mol. The summed E-state index contributed by atoms with van der Waals surface area (Å²) in [7, 11) is 0. The van der Waals surface area contributed by atoms with Crippen LogP contribution in [0.4, 0.5) is 0 Å². The molecule has 0 aliphatic heterocycles. The molecule has 0 aromatic rings. The van der Waals surface area contributed by atoms with Crippen LogP contribution >= 0.6 is 0 Å². The van der Waals surface area contributed by atoms with Crippen molar-refractivity contribution in [3.8, 4) is 0 Å². The van der Waals surface area contributed by atoms with E-state index in [0.717, 1.165) is 32.1 Å². The zero-order valence-corrected chi connectivity index (χ0v) is 10.8. The second-order valence-electron chi connectivity index (χ2n) is 4.01. The van der Waals surface area contributed by atoms with Crippen LogP contribution in [0.2, 0.25) is 0 Å². The highest BCUT2D eigenvalue weighted by molar-refractivity contribution is 5.87. The second kappa shape index (κ2) is 7.86. The van der Waals surface area contributed by atoms with Crippen LogP contribution in [0.5, 0.6) is 0 Å². The summed E-state index contributed by atoms with van der Waals surface area (Å²) in [6.07, 6.45) is 5.57. The number of rotatable bonds is 9. The highest BCUT2D eigenvalue weighted by atomic mass is 16.5. The average Bonchev–Trinajstić information content (AvgIpc) is 2.26. The number of Topliss-reactive ketones (excluding diaryl/α,β-unsaturated/α-hetero) is 1. The maximum atomic E-state index is 12.1. The topological polar surface area (TPSA) is 26.3 Å². The molecule has 0 bridgehead atoms. The fraction of sp³-hybridized carbons (Fsp3) is 0.923. The lowest BCUT2D eigenvalue weighted by atomic mass is 9.89. The Kier molecular flexibility index (Phi) is 7.67. The first-order valence-corrected chi connectivity index (χ1v) is 6.34. The predicted octanol–water partition coefficient (Wildman–Crippen LogP) is 3.73. The molecular formula is C13H26O2. The van der Waals surface area contributed by atoms with Gasteiger partial charge in [0.15, 0.2) is 5.78 Å². The Balaban J connectivity index is 4.27. The Morgan fingerprint density at radius 3 is 2.07 bits per heavy atom. The minimum Gasteiger partial charge on any atom is -0.368 e. The number of carbonyl (C=O) groups excluding carboxylic acids is 1. The largest absolute Gasteiger partial charge is 0.368 e. The molecule has 0 unspecified atom stereocenters. The first-order chi connectivity index (χ1) is 7.16. The molecule has 0 aromatic carbocycles. The van der Waals surface area contributed by atoms with Crippen LogP contribution in [0.25, 0.3) is 0 Å².